The van der Waals surface area contributed by atoms with Gasteiger partial charge in [0.2, 0.25) is 0 Å². The number of nitrogens with zero attached hydrogens (tertiary/aromatic N) is 3. The van der Waals surface area contributed by atoms with E-state index in [1.54, 1.807) is 0 Å². The molecule has 1 aliphatic rings. The predicted molar refractivity (Wildman–Crippen MR) is 126 cm³/mol. The zero-order chi connectivity index (χ0) is 23.2. The van der Waals surface area contributed by atoms with Crippen LogP contribution < -0.4 is 10.9 Å². The molecule has 0 saturated heterocycles. The number of hydrogen-bond donors (Lipinski definition) is 2. The molecule has 1 saturated carbocycles. The molecule has 0 aliphatic heterocycles. The highest BCUT2D eigenvalue weighted by Gasteiger charge is 2.30. The lowest BCUT2D eigenvalue weighted by Gasteiger charge is -2.20. The van der Waals surface area contributed by atoms with Crippen LogP contribution in [0.25, 0.3) is 11.0 Å². The topological polar surface area (TPSA) is 92.7 Å². The van der Waals surface area contributed by atoms with Crippen LogP contribution in [0.15, 0.2) is 16.9 Å². The molecule has 1 aliphatic carbocycles. The van der Waals surface area contributed by atoms with Crippen molar-refractivity contribution in [3.8, 4) is 0 Å². The summed E-state index contributed by atoms with van der Waals surface area (Å²) in [4.78, 5) is 33.8. The lowest BCUT2D eigenvalue weighted by atomic mass is 10.0. The van der Waals surface area contributed by atoms with E-state index in [9.17, 15) is 9.59 Å². The quantitative estimate of drug-likeness (QED) is 0.605. The number of amides is 1. The summed E-state index contributed by atoms with van der Waals surface area (Å²) in [5.74, 6) is 0.212. The van der Waals surface area contributed by atoms with Gasteiger partial charge in [0.05, 0.1) is 22.2 Å². The molecule has 32 heavy (non-hydrogen) atoms. The summed E-state index contributed by atoms with van der Waals surface area (Å²) in [5.41, 5.74) is 5.15. The van der Waals surface area contributed by atoms with Crippen LogP contribution >= 0.6 is 0 Å². The van der Waals surface area contributed by atoms with Crippen LogP contribution in [-0.2, 0) is 18.5 Å². The standard InChI is InChI=1S/C25H33N5O2/c1-7-8-17-11-14(2)27-24(32)19(17)13-26-23(31)18-12-20(16-9-10-16)28-22-21(18)15(3)29-30(22)25(4,5)6/h11-12,16H,7-10,13H2,1-6H3,(H,26,31)(H,27,32). The number of hydrogen-bond acceptors (Lipinski definition) is 4. The van der Waals surface area contributed by atoms with Gasteiger partial charge in [-0.3, -0.25) is 9.59 Å². The summed E-state index contributed by atoms with van der Waals surface area (Å²) >= 11 is 0. The minimum atomic E-state index is -0.250. The molecule has 170 valence electrons. The molecule has 2 N–H and O–H groups in total. The van der Waals surface area contributed by atoms with Crippen molar-refractivity contribution < 1.29 is 4.79 Å². The molecule has 0 atom stereocenters. The molecule has 3 aromatic heterocycles. The Bertz CT molecular complexity index is 1240. The summed E-state index contributed by atoms with van der Waals surface area (Å²) in [6, 6.07) is 3.92. The van der Waals surface area contributed by atoms with Gasteiger partial charge in [0.1, 0.15) is 0 Å². The molecular formula is C25H33N5O2. The van der Waals surface area contributed by atoms with E-state index in [0.717, 1.165) is 59.4 Å². The first-order valence-corrected chi connectivity index (χ1v) is 11.5. The maximum absolute atomic E-state index is 13.4. The zero-order valence-corrected chi connectivity index (χ0v) is 19.9. The fourth-order valence-corrected chi connectivity index (χ4v) is 4.28. The van der Waals surface area contributed by atoms with Crippen LogP contribution in [0, 0.1) is 13.8 Å². The molecule has 0 spiro atoms. The van der Waals surface area contributed by atoms with Crippen LogP contribution in [0.4, 0.5) is 0 Å². The van der Waals surface area contributed by atoms with Crippen molar-refractivity contribution in [1.29, 1.82) is 0 Å². The Hall–Kier alpha value is -2.96. The Labute approximate surface area is 188 Å². The lowest BCUT2D eigenvalue weighted by Crippen LogP contribution is -2.29. The third-order valence-corrected chi connectivity index (χ3v) is 6.02. The second-order valence-electron chi connectivity index (χ2n) is 9.95. The molecule has 0 radical (unpaired) electrons. The normalized spacial score (nSPS) is 14.2. The number of nitrogens with one attached hydrogen (secondary N) is 2. The molecule has 0 aromatic carbocycles. The van der Waals surface area contributed by atoms with Gasteiger partial charge in [0.15, 0.2) is 5.65 Å². The second-order valence-corrected chi connectivity index (χ2v) is 9.95. The van der Waals surface area contributed by atoms with Crippen LogP contribution in [0.1, 0.15) is 91.4 Å². The second kappa shape index (κ2) is 8.19. The van der Waals surface area contributed by atoms with Crippen LogP contribution in [-0.4, -0.2) is 25.7 Å². The van der Waals surface area contributed by atoms with Gasteiger partial charge in [-0.2, -0.15) is 5.10 Å². The summed E-state index contributed by atoms with van der Waals surface area (Å²) in [7, 11) is 0. The van der Waals surface area contributed by atoms with Gasteiger partial charge in [0.25, 0.3) is 11.5 Å². The third-order valence-electron chi connectivity index (χ3n) is 6.02. The van der Waals surface area contributed by atoms with E-state index in [1.807, 2.05) is 30.7 Å². The molecule has 0 unspecified atom stereocenters. The van der Waals surface area contributed by atoms with E-state index in [1.165, 1.54) is 0 Å². The molecule has 3 aromatic rings. The minimum Gasteiger partial charge on any atom is -0.348 e. The molecule has 1 fully saturated rings. The Morgan fingerprint density at radius 3 is 2.59 bits per heavy atom. The van der Waals surface area contributed by atoms with Gasteiger partial charge >= 0.3 is 0 Å². The maximum Gasteiger partial charge on any atom is 0.253 e. The van der Waals surface area contributed by atoms with Crippen molar-refractivity contribution in [1.82, 2.24) is 25.1 Å². The van der Waals surface area contributed by atoms with E-state index >= 15 is 0 Å². The number of carbonyl (C=O) groups is 1. The number of rotatable bonds is 6. The van der Waals surface area contributed by atoms with Gasteiger partial charge in [0, 0.05) is 29.4 Å². The summed E-state index contributed by atoms with van der Waals surface area (Å²) < 4.78 is 1.92. The number of carbonyl (C=O) groups excluding carboxylic acids is 1. The van der Waals surface area contributed by atoms with E-state index in [4.69, 9.17) is 10.1 Å². The fraction of sp³-hybridized carbons (Fsp3) is 0.520. The van der Waals surface area contributed by atoms with E-state index in [0.29, 0.717) is 17.0 Å². The van der Waals surface area contributed by atoms with Gasteiger partial charge in [-0.05, 0) is 71.6 Å². The molecule has 7 heteroatoms. The monoisotopic (exact) mass is 435 g/mol. The van der Waals surface area contributed by atoms with Crippen LogP contribution in [0.3, 0.4) is 0 Å². The van der Waals surface area contributed by atoms with Crippen LogP contribution in [0.2, 0.25) is 0 Å². The Morgan fingerprint density at radius 2 is 1.97 bits per heavy atom. The van der Waals surface area contributed by atoms with Crippen molar-refractivity contribution in [2.24, 2.45) is 0 Å². The predicted octanol–water partition coefficient (Wildman–Crippen LogP) is 4.25. The SMILES string of the molecule is CCCc1cc(C)[nH]c(=O)c1CNC(=O)c1cc(C2CC2)nc2c1c(C)nn2C(C)(C)C. The highest BCUT2D eigenvalue weighted by Crippen LogP contribution is 2.41. The first-order chi connectivity index (χ1) is 15.1. The highest BCUT2D eigenvalue weighted by atomic mass is 16.1. The van der Waals surface area contributed by atoms with Crippen molar-refractivity contribution in [3.63, 3.8) is 0 Å². The number of aromatic nitrogens is 4. The average Bonchev–Trinajstić information content (AvgIpc) is 3.49. The number of H-pyrrole nitrogens is 1. The first-order valence-electron chi connectivity index (χ1n) is 11.5. The summed E-state index contributed by atoms with van der Waals surface area (Å²) in [6.07, 6.45) is 3.94. The van der Waals surface area contributed by atoms with E-state index in [-0.39, 0.29) is 23.6 Å². The number of aryl methyl sites for hydroxylation is 3. The molecule has 1 amide bonds. The fourth-order valence-electron chi connectivity index (χ4n) is 4.28. The Balaban J connectivity index is 1.73. The smallest absolute Gasteiger partial charge is 0.253 e. The van der Waals surface area contributed by atoms with Gasteiger partial charge in [-0.1, -0.05) is 13.3 Å². The maximum atomic E-state index is 13.4. The lowest BCUT2D eigenvalue weighted by molar-refractivity contribution is 0.0952. The van der Waals surface area contributed by atoms with Crippen molar-refractivity contribution >= 4 is 16.9 Å². The van der Waals surface area contributed by atoms with Gasteiger partial charge in [-0.15, -0.1) is 0 Å². The molecule has 3 heterocycles. The van der Waals surface area contributed by atoms with Gasteiger partial charge < -0.3 is 10.3 Å². The van der Waals surface area contributed by atoms with Crippen LogP contribution in [0.5, 0.6) is 0 Å². The largest absolute Gasteiger partial charge is 0.348 e. The molecule has 0 bridgehead atoms. The van der Waals surface area contributed by atoms with Gasteiger partial charge in [-0.25, -0.2) is 9.67 Å². The molecular weight excluding hydrogens is 402 g/mol. The number of fused-ring (bicyclic) bond motifs is 1. The number of aromatic amines is 1. The minimum absolute atomic E-state index is 0.135. The zero-order valence-electron chi connectivity index (χ0n) is 19.9. The summed E-state index contributed by atoms with van der Waals surface area (Å²) in [6.45, 7) is 12.3. The molecule has 7 nitrogen and oxygen atoms in total. The third kappa shape index (κ3) is 4.20. The van der Waals surface area contributed by atoms with Crippen molar-refractivity contribution in [2.45, 2.75) is 85.2 Å². The van der Waals surface area contributed by atoms with Crippen molar-refractivity contribution in [3.05, 3.63) is 56.3 Å². The van der Waals surface area contributed by atoms with E-state index in [2.05, 4.69) is 38.0 Å². The molecule has 4 rings (SSSR count). The van der Waals surface area contributed by atoms with E-state index < -0.39 is 0 Å². The number of pyridine rings is 2. The Morgan fingerprint density at radius 1 is 1.25 bits per heavy atom. The first kappa shape index (κ1) is 22.2. The van der Waals surface area contributed by atoms with Crippen molar-refractivity contribution in [2.75, 3.05) is 0 Å². The summed E-state index contributed by atoms with van der Waals surface area (Å²) in [5, 5.41) is 8.51. The highest BCUT2D eigenvalue weighted by molar-refractivity contribution is 6.06. The Kier molecular flexibility index (Phi) is 5.69. The average molecular weight is 436 g/mol.